The molecule has 1 aromatic heterocycles. The molecule has 0 unspecified atom stereocenters. The van der Waals surface area contributed by atoms with Crippen molar-refractivity contribution < 1.29 is 9.30 Å². The van der Waals surface area contributed by atoms with Crippen LogP contribution in [0.5, 0.6) is 5.75 Å². The Balaban J connectivity index is 1.74. The quantitative estimate of drug-likeness (QED) is 0.538. The predicted octanol–water partition coefficient (Wildman–Crippen LogP) is 4.07. The third-order valence-electron chi connectivity index (χ3n) is 4.63. The van der Waals surface area contributed by atoms with Gasteiger partial charge in [-0.1, -0.05) is 57.7 Å². The number of rotatable bonds is 6. The molecule has 3 aromatic rings. The van der Waals surface area contributed by atoms with Crippen LogP contribution in [-0.4, -0.2) is 11.2 Å². The lowest BCUT2D eigenvalue weighted by molar-refractivity contribution is -0.658. The highest BCUT2D eigenvalue weighted by Crippen LogP contribution is 2.24. The number of aromatic nitrogens is 2. The lowest BCUT2D eigenvalue weighted by atomic mass is 9.87. The van der Waals surface area contributed by atoms with Gasteiger partial charge in [-0.2, -0.15) is 0 Å². The van der Waals surface area contributed by atoms with Gasteiger partial charge in [-0.05, 0) is 35.2 Å². The number of hydrogen-bond acceptors (Lipinski definition) is 2. The summed E-state index contributed by atoms with van der Waals surface area (Å²) in [6.07, 6.45) is 1.86. The van der Waals surface area contributed by atoms with Gasteiger partial charge in [-0.3, -0.25) is 5.73 Å². The van der Waals surface area contributed by atoms with Crippen molar-refractivity contribution in [2.45, 2.75) is 39.3 Å². The molecule has 0 spiro atoms. The van der Waals surface area contributed by atoms with Gasteiger partial charge in [0.2, 0.25) is 0 Å². The minimum atomic E-state index is 0.149. The molecule has 4 heteroatoms. The number of nitrogens with two attached hydrogens (primary N) is 1. The highest BCUT2D eigenvalue weighted by atomic mass is 16.5. The van der Waals surface area contributed by atoms with E-state index < -0.39 is 0 Å². The van der Waals surface area contributed by atoms with Crippen molar-refractivity contribution in [3.8, 4) is 5.75 Å². The molecule has 0 saturated heterocycles. The standard InChI is InChI=1S/C22H27N3O/c1-5-14-24-19-8-6-7-9-20(19)25(21(24)23)15-16-26-18-12-10-17(11-13-18)22(2,3)4/h5-13,23H,1,14-16H2,2-4H3/p+1. The SMILES string of the molecule is C=CCn1c(N)[n+](CCOc2ccc(C(C)(C)C)cc2)c2ccccc21. The maximum absolute atomic E-state index is 6.37. The highest BCUT2D eigenvalue weighted by molar-refractivity contribution is 5.73. The van der Waals surface area contributed by atoms with Gasteiger partial charge in [0.05, 0.1) is 6.54 Å². The van der Waals surface area contributed by atoms with E-state index in [1.807, 2.05) is 30.3 Å². The molecule has 0 amide bonds. The summed E-state index contributed by atoms with van der Waals surface area (Å²) in [4.78, 5) is 0. The first kappa shape index (κ1) is 18.1. The average Bonchev–Trinajstić information content (AvgIpc) is 2.88. The molecular formula is C22H28N3O+. The number of anilines is 1. The Morgan fingerprint density at radius 3 is 2.46 bits per heavy atom. The average molecular weight is 350 g/mol. The molecule has 0 fully saturated rings. The maximum Gasteiger partial charge on any atom is 0.356 e. The van der Waals surface area contributed by atoms with Crippen LogP contribution in [0.4, 0.5) is 5.95 Å². The minimum Gasteiger partial charge on any atom is -0.490 e. The molecule has 1 heterocycles. The Labute approximate surface area is 155 Å². The van der Waals surface area contributed by atoms with Gasteiger partial charge in [0, 0.05) is 0 Å². The molecule has 0 atom stereocenters. The lowest BCUT2D eigenvalue weighted by Gasteiger charge is -2.19. The number of para-hydroxylation sites is 2. The number of imidazole rings is 1. The molecule has 0 bridgehead atoms. The van der Waals surface area contributed by atoms with E-state index >= 15 is 0 Å². The Kier molecular flexibility index (Phi) is 5.03. The number of ether oxygens (including phenoxy) is 1. The minimum absolute atomic E-state index is 0.149. The molecule has 3 rings (SSSR count). The normalized spacial score (nSPS) is 11.7. The first-order valence-corrected chi connectivity index (χ1v) is 9.02. The molecule has 4 nitrogen and oxygen atoms in total. The molecule has 2 N–H and O–H groups in total. The van der Waals surface area contributed by atoms with Crippen molar-refractivity contribution >= 4 is 17.0 Å². The lowest BCUT2D eigenvalue weighted by Crippen LogP contribution is -2.39. The first-order valence-electron chi connectivity index (χ1n) is 9.02. The molecule has 0 aliphatic heterocycles. The van der Waals surface area contributed by atoms with E-state index in [1.54, 1.807) is 0 Å². The molecule has 2 aromatic carbocycles. The van der Waals surface area contributed by atoms with Crippen LogP contribution in [0.3, 0.4) is 0 Å². The van der Waals surface area contributed by atoms with Crippen LogP contribution in [0.2, 0.25) is 0 Å². The Bertz CT molecular complexity index is 902. The first-order chi connectivity index (χ1) is 12.4. The van der Waals surface area contributed by atoms with E-state index in [1.165, 1.54) is 5.56 Å². The zero-order chi connectivity index (χ0) is 18.7. The fourth-order valence-corrected chi connectivity index (χ4v) is 3.18. The summed E-state index contributed by atoms with van der Waals surface area (Å²) < 4.78 is 10.1. The zero-order valence-corrected chi connectivity index (χ0v) is 15.9. The van der Waals surface area contributed by atoms with Gasteiger partial charge < -0.3 is 4.74 Å². The predicted molar refractivity (Wildman–Crippen MR) is 107 cm³/mol. The van der Waals surface area contributed by atoms with E-state index in [4.69, 9.17) is 10.5 Å². The summed E-state index contributed by atoms with van der Waals surface area (Å²) in [6, 6.07) is 16.6. The number of hydrogen-bond donors (Lipinski definition) is 1. The highest BCUT2D eigenvalue weighted by Gasteiger charge is 2.19. The summed E-state index contributed by atoms with van der Waals surface area (Å²) in [5, 5.41) is 0. The van der Waals surface area contributed by atoms with Crippen LogP contribution >= 0.6 is 0 Å². The fraction of sp³-hybridized carbons (Fsp3) is 0.318. The molecule has 136 valence electrons. The van der Waals surface area contributed by atoms with E-state index in [0.29, 0.717) is 19.7 Å². The van der Waals surface area contributed by atoms with Crippen LogP contribution in [0.15, 0.2) is 61.2 Å². The Morgan fingerprint density at radius 1 is 1.12 bits per heavy atom. The second-order valence-corrected chi connectivity index (χ2v) is 7.52. The number of benzene rings is 2. The topological polar surface area (TPSA) is 44.1 Å². The number of nitrogens with zero attached hydrogens (tertiary/aromatic N) is 2. The second kappa shape index (κ2) is 7.24. The summed E-state index contributed by atoms with van der Waals surface area (Å²) in [5.41, 5.74) is 10.0. The van der Waals surface area contributed by atoms with Gasteiger partial charge >= 0.3 is 5.95 Å². The molecule has 26 heavy (non-hydrogen) atoms. The second-order valence-electron chi connectivity index (χ2n) is 7.52. The van der Waals surface area contributed by atoms with Crippen molar-refractivity contribution in [1.82, 2.24) is 4.57 Å². The third-order valence-corrected chi connectivity index (χ3v) is 4.63. The van der Waals surface area contributed by atoms with E-state index in [0.717, 1.165) is 22.7 Å². The third kappa shape index (κ3) is 3.59. The summed E-state index contributed by atoms with van der Waals surface area (Å²) in [5.74, 6) is 1.60. The van der Waals surface area contributed by atoms with Gasteiger partial charge in [-0.25, -0.2) is 9.13 Å². The van der Waals surface area contributed by atoms with Crippen LogP contribution in [0.25, 0.3) is 11.0 Å². The molecule has 0 aliphatic carbocycles. The summed E-state index contributed by atoms with van der Waals surface area (Å²) in [7, 11) is 0. The van der Waals surface area contributed by atoms with Gasteiger partial charge in [0.15, 0.2) is 0 Å². The fourth-order valence-electron chi connectivity index (χ4n) is 3.18. The molecule has 0 saturated carbocycles. The summed E-state index contributed by atoms with van der Waals surface area (Å²) in [6.45, 7) is 12.4. The summed E-state index contributed by atoms with van der Waals surface area (Å²) >= 11 is 0. The van der Waals surface area contributed by atoms with Crippen molar-refractivity contribution in [3.05, 3.63) is 66.7 Å². The van der Waals surface area contributed by atoms with Crippen molar-refractivity contribution in [2.24, 2.45) is 0 Å². The molecule has 0 radical (unpaired) electrons. The maximum atomic E-state index is 6.37. The number of nitrogen functional groups attached to an aromatic ring is 1. The van der Waals surface area contributed by atoms with Crippen LogP contribution in [0.1, 0.15) is 26.3 Å². The van der Waals surface area contributed by atoms with Gasteiger partial charge in [0.25, 0.3) is 0 Å². The Hall–Kier alpha value is -2.75. The molecule has 0 aliphatic rings. The molecular weight excluding hydrogens is 322 g/mol. The zero-order valence-electron chi connectivity index (χ0n) is 15.9. The van der Waals surface area contributed by atoms with Crippen molar-refractivity contribution in [2.75, 3.05) is 12.3 Å². The van der Waals surface area contributed by atoms with E-state index in [-0.39, 0.29) is 5.41 Å². The van der Waals surface area contributed by atoms with Crippen LogP contribution < -0.4 is 15.0 Å². The largest absolute Gasteiger partial charge is 0.490 e. The van der Waals surface area contributed by atoms with E-state index in [9.17, 15) is 0 Å². The smallest absolute Gasteiger partial charge is 0.356 e. The monoisotopic (exact) mass is 350 g/mol. The van der Waals surface area contributed by atoms with Gasteiger partial charge in [0.1, 0.15) is 29.9 Å². The number of fused-ring (bicyclic) bond motifs is 1. The van der Waals surface area contributed by atoms with Gasteiger partial charge in [-0.15, -0.1) is 0 Å². The number of allylic oxidation sites excluding steroid dienone is 1. The van der Waals surface area contributed by atoms with E-state index in [2.05, 4.69) is 60.7 Å². The van der Waals surface area contributed by atoms with Crippen LogP contribution in [0, 0.1) is 0 Å². The van der Waals surface area contributed by atoms with Crippen molar-refractivity contribution in [1.29, 1.82) is 0 Å². The van der Waals surface area contributed by atoms with Crippen LogP contribution in [-0.2, 0) is 18.5 Å². The Morgan fingerprint density at radius 2 is 1.81 bits per heavy atom. The van der Waals surface area contributed by atoms with Crippen molar-refractivity contribution in [3.63, 3.8) is 0 Å².